The Morgan fingerprint density at radius 3 is 2.35 bits per heavy atom. The fraction of sp³-hybridized carbons (Fsp3) is 0.222. The number of hydrogen-bond acceptors (Lipinski definition) is 3. The fourth-order valence-electron chi connectivity index (χ4n) is 2.04. The number of carbonyl (C=O) groups is 2. The SMILES string of the molecule is Cc1ccc(OCC(=O)Nc2ccccc2CNC(=O)C(F)(F)F)cc1. The second-order valence-corrected chi connectivity index (χ2v) is 5.49. The fourth-order valence-corrected chi connectivity index (χ4v) is 2.04. The number of rotatable bonds is 6. The van der Waals surface area contributed by atoms with Crippen molar-refractivity contribution in [2.45, 2.75) is 19.6 Å². The number of para-hydroxylation sites is 1. The van der Waals surface area contributed by atoms with Crippen molar-refractivity contribution in [3.05, 3.63) is 59.7 Å². The zero-order valence-corrected chi connectivity index (χ0v) is 13.9. The van der Waals surface area contributed by atoms with Crippen LogP contribution in [0.1, 0.15) is 11.1 Å². The Kier molecular flexibility index (Phi) is 6.21. The molecular weight excluding hydrogens is 349 g/mol. The van der Waals surface area contributed by atoms with Gasteiger partial charge in [-0.25, -0.2) is 0 Å². The summed E-state index contributed by atoms with van der Waals surface area (Å²) in [6.45, 7) is 1.30. The number of halogens is 3. The van der Waals surface area contributed by atoms with Gasteiger partial charge in [0.05, 0.1) is 0 Å². The first-order valence-corrected chi connectivity index (χ1v) is 7.68. The molecule has 0 spiro atoms. The molecule has 0 aliphatic heterocycles. The zero-order valence-electron chi connectivity index (χ0n) is 13.9. The highest BCUT2D eigenvalue weighted by molar-refractivity contribution is 5.92. The maximum absolute atomic E-state index is 12.3. The van der Waals surface area contributed by atoms with Crippen molar-refractivity contribution >= 4 is 17.5 Å². The van der Waals surface area contributed by atoms with Gasteiger partial charge in [-0.15, -0.1) is 0 Å². The van der Waals surface area contributed by atoms with Crippen LogP contribution in [-0.2, 0) is 16.1 Å². The number of alkyl halides is 3. The second-order valence-electron chi connectivity index (χ2n) is 5.49. The van der Waals surface area contributed by atoms with Crippen molar-refractivity contribution in [3.8, 4) is 5.75 Å². The summed E-state index contributed by atoms with van der Waals surface area (Å²) in [6.07, 6.45) is -4.96. The van der Waals surface area contributed by atoms with Crippen LogP contribution in [0.3, 0.4) is 0 Å². The number of aryl methyl sites for hydroxylation is 1. The van der Waals surface area contributed by atoms with Gasteiger partial charge in [0.1, 0.15) is 5.75 Å². The normalized spacial score (nSPS) is 10.9. The van der Waals surface area contributed by atoms with E-state index in [9.17, 15) is 22.8 Å². The van der Waals surface area contributed by atoms with Crippen molar-refractivity contribution in [3.63, 3.8) is 0 Å². The van der Waals surface area contributed by atoms with Gasteiger partial charge in [-0.2, -0.15) is 13.2 Å². The van der Waals surface area contributed by atoms with Crippen LogP contribution in [0.15, 0.2) is 48.5 Å². The molecule has 0 heterocycles. The topological polar surface area (TPSA) is 67.4 Å². The predicted molar refractivity (Wildman–Crippen MR) is 89.6 cm³/mol. The molecule has 138 valence electrons. The van der Waals surface area contributed by atoms with Crippen LogP contribution in [0.2, 0.25) is 0 Å². The van der Waals surface area contributed by atoms with E-state index in [1.54, 1.807) is 29.6 Å². The molecule has 2 aromatic carbocycles. The average Bonchev–Trinajstić information content (AvgIpc) is 2.59. The predicted octanol–water partition coefficient (Wildman–Crippen LogP) is 3.19. The number of ether oxygens (including phenoxy) is 1. The third kappa shape index (κ3) is 5.80. The van der Waals surface area contributed by atoms with E-state index in [0.717, 1.165) is 5.56 Å². The summed E-state index contributed by atoms with van der Waals surface area (Å²) < 4.78 is 42.1. The number of benzene rings is 2. The van der Waals surface area contributed by atoms with Gasteiger partial charge in [0, 0.05) is 12.2 Å². The van der Waals surface area contributed by atoms with Crippen LogP contribution in [0.5, 0.6) is 5.75 Å². The number of carbonyl (C=O) groups excluding carboxylic acids is 2. The molecule has 0 aliphatic rings. The standard InChI is InChI=1S/C18H17F3N2O3/c1-12-6-8-14(9-7-12)26-11-16(24)23-15-5-3-2-4-13(15)10-22-17(25)18(19,20)21/h2-9H,10-11H2,1H3,(H,22,25)(H,23,24). The molecule has 0 saturated heterocycles. The van der Waals surface area contributed by atoms with Crippen molar-refractivity contribution < 1.29 is 27.5 Å². The average molecular weight is 366 g/mol. The molecule has 0 saturated carbocycles. The van der Waals surface area contributed by atoms with Gasteiger partial charge in [0.25, 0.3) is 5.91 Å². The van der Waals surface area contributed by atoms with Crippen LogP contribution in [-0.4, -0.2) is 24.6 Å². The molecule has 0 aliphatic carbocycles. The van der Waals surface area contributed by atoms with Crippen LogP contribution in [0.25, 0.3) is 0 Å². The molecule has 2 amide bonds. The summed E-state index contributed by atoms with van der Waals surface area (Å²) in [5.41, 5.74) is 1.69. The molecule has 2 rings (SSSR count). The molecule has 0 aromatic heterocycles. The van der Waals surface area contributed by atoms with Gasteiger partial charge < -0.3 is 15.4 Å². The third-order valence-electron chi connectivity index (χ3n) is 3.38. The zero-order chi connectivity index (χ0) is 19.2. The van der Waals surface area contributed by atoms with E-state index >= 15 is 0 Å². The minimum atomic E-state index is -4.96. The van der Waals surface area contributed by atoms with Crippen LogP contribution >= 0.6 is 0 Å². The summed E-state index contributed by atoms with van der Waals surface area (Å²) in [7, 11) is 0. The smallest absolute Gasteiger partial charge is 0.471 e. The lowest BCUT2D eigenvalue weighted by atomic mass is 10.1. The monoisotopic (exact) mass is 366 g/mol. The van der Waals surface area contributed by atoms with Crippen LogP contribution in [0.4, 0.5) is 18.9 Å². The Labute approximate surface area is 148 Å². The van der Waals surface area contributed by atoms with Gasteiger partial charge in [-0.3, -0.25) is 9.59 Å². The van der Waals surface area contributed by atoms with E-state index in [-0.39, 0.29) is 13.2 Å². The Hall–Kier alpha value is -3.03. The molecule has 8 heteroatoms. The third-order valence-corrected chi connectivity index (χ3v) is 3.38. The van der Waals surface area contributed by atoms with Crippen molar-refractivity contribution in [2.75, 3.05) is 11.9 Å². The van der Waals surface area contributed by atoms with Gasteiger partial charge in [-0.1, -0.05) is 35.9 Å². The number of nitrogens with one attached hydrogen (secondary N) is 2. The maximum Gasteiger partial charge on any atom is 0.471 e. The molecule has 0 fully saturated rings. The quantitative estimate of drug-likeness (QED) is 0.825. The first-order valence-electron chi connectivity index (χ1n) is 7.68. The summed E-state index contributed by atoms with van der Waals surface area (Å²) in [5.74, 6) is -1.99. The number of amides is 2. The first-order chi connectivity index (χ1) is 12.3. The Morgan fingerprint density at radius 2 is 1.69 bits per heavy atom. The largest absolute Gasteiger partial charge is 0.484 e. The van der Waals surface area contributed by atoms with Gasteiger partial charge >= 0.3 is 12.1 Å². The highest BCUT2D eigenvalue weighted by atomic mass is 19.4. The minimum absolute atomic E-state index is 0.258. The highest BCUT2D eigenvalue weighted by Crippen LogP contribution is 2.18. The Bertz CT molecular complexity index is 774. The molecule has 0 bridgehead atoms. The van der Waals surface area contributed by atoms with E-state index in [0.29, 0.717) is 17.0 Å². The summed E-state index contributed by atoms with van der Waals surface area (Å²) >= 11 is 0. The Morgan fingerprint density at radius 1 is 1.04 bits per heavy atom. The second kappa shape index (κ2) is 8.37. The number of anilines is 1. The first kappa shape index (κ1) is 19.3. The molecule has 2 aromatic rings. The molecule has 26 heavy (non-hydrogen) atoms. The van der Waals surface area contributed by atoms with E-state index in [4.69, 9.17) is 4.74 Å². The molecule has 0 radical (unpaired) electrons. The molecular formula is C18H17F3N2O3. The van der Waals surface area contributed by atoms with Gasteiger partial charge in [-0.05, 0) is 30.7 Å². The summed E-state index contributed by atoms with van der Waals surface area (Å²) in [6, 6.07) is 13.4. The molecule has 0 atom stereocenters. The summed E-state index contributed by atoms with van der Waals surface area (Å²) in [5, 5.41) is 4.33. The lowest BCUT2D eigenvalue weighted by Gasteiger charge is -2.13. The maximum atomic E-state index is 12.3. The van der Waals surface area contributed by atoms with Crippen LogP contribution in [0, 0.1) is 6.92 Å². The van der Waals surface area contributed by atoms with Crippen molar-refractivity contribution in [1.82, 2.24) is 5.32 Å². The molecule has 5 nitrogen and oxygen atoms in total. The number of hydrogen-bond donors (Lipinski definition) is 2. The molecule has 0 unspecified atom stereocenters. The summed E-state index contributed by atoms with van der Waals surface area (Å²) in [4.78, 5) is 22.9. The minimum Gasteiger partial charge on any atom is -0.484 e. The van der Waals surface area contributed by atoms with E-state index < -0.39 is 18.0 Å². The van der Waals surface area contributed by atoms with Crippen molar-refractivity contribution in [2.24, 2.45) is 0 Å². The van der Waals surface area contributed by atoms with Crippen molar-refractivity contribution in [1.29, 1.82) is 0 Å². The van der Waals surface area contributed by atoms with Crippen LogP contribution < -0.4 is 15.4 Å². The lowest BCUT2D eigenvalue weighted by Crippen LogP contribution is -2.36. The van der Waals surface area contributed by atoms with E-state index in [2.05, 4.69) is 5.32 Å². The molecule has 2 N–H and O–H groups in total. The Balaban J connectivity index is 1.93. The highest BCUT2D eigenvalue weighted by Gasteiger charge is 2.38. The lowest BCUT2D eigenvalue weighted by molar-refractivity contribution is -0.173. The van der Waals surface area contributed by atoms with E-state index in [1.165, 1.54) is 12.1 Å². The van der Waals surface area contributed by atoms with E-state index in [1.807, 2.05) is 19.1 Å². The van der Waals surface area contributed by atoms with Gasteiger partial charge in [0.2, 0.25) is 0 Å². The van der Waals surface area contributed by atoms with Gasteiger partial charge in [0.15, 0.2) is 6.61 Å².